The molecule has 1 fully saturated rings. The van der Waals surface area contributed by atoms with E-state index in [9.17, 15) is 18.0 Å². The summed E-state index contributed by atoms with van der Waals surface area (Å²) in [6.45, 7) is 3.12. The molecule has 0 aliphatic carbocycles. The monoisotopic (exact) mass is 399 g/mol. The van der Waals surface area contributed by atoms with Crippen LogP contribution in [0.1, 0.15) is 29.5 Å². The molecule has 1 saturated heterocycles. The summed E-state index contributed by atoms with van der Waals surface area (Å²) in [5, 5.41) is 3.80. The van der Waals surface area contributed by atoms with Crippen LogP contribution in [0.5, 0.6) is 0 Å². The van der Waals surface area contributed by atoms with E-state index in [1.54, 1.807) is 25.1 Å². The Bertz CT molecular complexity index is 981. The van der Waals surface area contributed by atoms with Crippen LogP contribution in [0.15, 0.2) is 22.6 Å². The average Bonchev–Trinajstić information content (AvgIpc) is 3.07. The van der Waals surface area contributed by atoms with Crippen LogP contribution in [0.3, 0.4) is 0 Å². The number of esters is 1. The molecule has 1 aromatic carbocycles. The van der Waals surface area contributed by atoms with Gasteiger partial charge in [-0.05, 0) is 38.5 Å². The van der Waals surface area contributed by atoms with E-state index in [1.165, 1.54) is 6.92 Å². The van der Waals surface area contributed by atoms with Gasteiger partial charge in [-0.15, -0.1) is 0 Å². The first kappa shape index (κ1) is 18.7. The highest BCUT2D eigenvalue weighted by Crippen LogP contribution is 2.28. The molecule has 1 aliphatic rings. The summed E-state index contributed by atoms with van der Waals surface area (Å²) in [7, 11) is -3.11. The second kappa shape index (κ2) is 6.92. The molecule has 0 radical (unpaired) electrons. The van der Waals surface area contributed by atoms with E-state index in [4.69, 9.17) is 20.8 Å². The van der Waals surface area contributed by atoms with Crippen molar-refractivity contribution in [2.45, 2.75) is 32.4 Å². The number of ether oxygens (including phenoxy) is 1. The lowest BCUT2D eigenvalue weighted by atomic mass is 10.1. The maximum atomic E-state index is 12.4. The molecule has 0 bridgehead atoms. The number of rotatable bonds is 4. The minimum Gasteiger partial charge on any atom is -0.449 e. The third-order valence-corrected chi connectivity index (χ3v) is 6.32. The molecule has 3 rings (SSSR count). The van der Waals surface area contributed by atoms with Gasteiger partial charge < -0.3 is 14.5 Å². The maximum absolute atomic E-state index is 12.4. The summed E-state index contributed by atoms with van der Waals surface area (Å²) in [6, 6.07) is 4.53. The van der Waals surface area contributed by atoms with Gasteiger partial charge in [0.15, 0.2) is 15.9 Å². The number of aryl methyl sites for hydroxylation is 1. The van der Waals surface area contributed by atoms with Gasteiger partial charge in [-0.3, -0.25) is 4.79 Å². The summed E-state index contributed by atoms with van der Waals surface area (Å²) in [4.78, 5) is 24.5. The standard InChI is InChI=1S/C17H18ClNO6S/c1-9-13-7-11(18)3-4-14(13)25-15(9)17(21)24-10(2)16(20)19-12-5-6-26(22,23)8-12/h3-4,7,10,12H,5-6,8H2,1-2H3,(H,19,20)/t10-,12+/m0/s1. The molecule has 2 heterocycles. The molecule has 1 aliphatic heterocycles. The van der Waals surface area contributed by atoms with Crippen molar-refractivity contribution in [3.05, 3.63) is 34.5 Å². The fourth-order valence-electron chi connectivity index (χ4n) is 2.88. The number of sulfone groups is 1. The molecule has 1 amide bonds. The van der Waals surface area contributed by atoms with Gasteiger partial charge in [-0.25, -0.2) is 13.2 Å². The molecule has 0 saturated carbocycles. The molecule has 0 spiro atoms. The van der Waals surface area contributed by atoms with Crippen LogP contribution in [0.4, 0.5) is 0 Å². The SMILES string of the molecule is Cc1c(C(=O)O[C@@H](C)C(=O)N[C@@H]2CCS(=O)(=O)C2)oc2ccc(Cl)cc12. The van der Waals surface area contributed by atoms with Gasteiger partial charge >= 0.3 is 5.97 Å². The lowest BCUT2D eigenvalue weighted by Crippen LogP contribution is -2.42. The van der Waals surface area contributed by atoms with E-state index in [2.05, 4.69) is 5.32 Å². The zero-order valence-corrected chi connectivity index (χ0v) is 15.8. The topological polar surface area (TPSA) is 103 Å². The molecule has 7 nitrogen and oxygen atoms in total. The number of hydrogen-bond donors (Lipinski definition) is 1. The number of carbonyl (C=O) groups is 2. The normalized spacial score (nSPS) is 20.0. The highest BCUT2D eigenvalue weighted by atomic mass is 35.5. The van der Waals surface area contributed by atoms with E-state index in [0.29, 0.717) is 28.0 Å². The van der Waals surface area contributed by atoms with Crippen LogP contribution in [-0.4, -0.2) is 43.9 Å². The van der Waals surface area contributed by atoms with Gasteiger partial charge in [0.25, 0.3) is 5.91 Å². The van der Waals surface area contributed by atoms with Crippen molar-refractivity contribution >= 4 is 44.3 Å². The molecule has 140 valence electrons. The van der Waals surface area contributed by atoms with Crippen molar-refractivity contribution in [1.29, 1.82) is 0 Å². The van der Waals surface area contributed by atoms with Crippen LogP contribution in [-0.2, 0) is 19.4 Å². The third kappa shape index (κ3) is 3.86. The number of fused-ring (bicyclic) bond motifs is 1. The summed E-state index contributed by atoms with van der Waals surface area (Å²) < 4.78 is 33.6. The molecular weight excluding hydrogens is 382 g/mol. The number of halogens is 1. The number of amides is 1. The molecule has 2 atom stereocenters. The van der Waals surface area contributed by atoms with E-state index in [0.717, 1.165) is 0 Å². The fourth-order valence-corrected chi connectivity index (χ4v) is 4.73. The van der Waals surface area contributed by atoms with Gasteiger partial charge in [-0.1, -0.05) is 11.6 Å². The van der Waals surface area contributed by atoms with Crippen molar-refractivity contribution in [2.24, 2.45) is 0 Å². The second-order valence-electron chi connectivity index (χ2n) is 6.35. The highest BCUT2D eigenvalue weighted by molar-refractivity contribution is 7.91. The summed E-state index contributed by atoms with van der Waals surface area (Å²) in [5.74, 6) is -1.35. The van der Waals surface area contributed by atoms with Gasteiger partial charge in [0.05, 0.1) is 11.5 Å². The summed E-state index contributed by atoms with van der Waals surface area (Å²) >= 11 is 5.95. The summed E-state index contributed by atoms with van der Waals surface area (Å²) in [6.07, 6.45) is -0.722. The lowest BCUT2D eigenvalue weighted by Gasteiger charge is -2.16. The fraction of sp³-hybridized carbons (Fsp3) is 0.412. The molecule has 2 aromatic rings. The van der Waals surface area contributed by atoms with Crippen LogP contribution < -0.4 is 5.32 Å². The number of carbonyl (C=O) groups excluding carboxylic acids is 2. The van der Waals surface area contributed by atoms with E-state index in [1.807, 2.05) is 0 Å². The zero-order valence-electron chi connectivity index (χ0n) is 14.2. The molecular formula is C17H18ClNO6S. The van der Waals surface area contributed by atoms with Crippen molar-refractivity contribution in [2.75, 3.05) is 11.5 Å². The van der Waals surface area contributed by atoms with Gasteiger partial charge in [0.1, 0.15) is 5.58 Å². The largest absolute Gasteiger partial charge is 0.449 e. The van der Waals surface area contributed by atoms with Crippen LogP contribution in [0, 0.1) is 6.92 Å². The van der Waals surface area contributed by atoms with Crippen molar-refractivity contribution in [3.63, 3.8) is 0 Å². The zero-order chi connectivity index (χ0) is 19.1. The Kier molecular flexibility index (Phi) is 4.98. The smallest absolute Gasteiger partial charge is 0.375 e. The van der Waals surface area contributed by atoms with Crippen molar-refractivity contribution in [3.8, 4) is 0 Å². The predicted octanol–water partition coefficient (Wildman–Crippen LogP) is 2.24. The van der Waals surface area contributed by atoms with E-state index < -0.39 is 33.9 Å². The maximum Gasteiger partial charge on any atom is 0.375 e. The van der Waals surface area contributed by atoms with Crippen molar-refractivity contribution < 1.29 is 27.2 Å². The third-order valence-electron chi connectivity index (χ3n) is 4.32. The van der Waals surface area contributed by atoms with Crippen LogP contribution in [0.25, 0.3) is 11.0 Å². The number of nitrogens with one attached hydrogen (secondary N) is 1. The van der Waals surface area contributed by atoms with Gasteiger partial charge in [0, 0.05) is 22.0 Å². The van der Waals surface area contributed by atoms with E-state index >= 15 is 0 Å². The predicted molar refractivity (Wildman–Crippen MR) is 96.0 cm³/mol. The number of hydrogen-bond acceptors (Lipinski definition) is 6. The molecule has 0 unspecified atom stereocenters. The quantitative estimate of drug-likeness (QED) is 0.791. The minimum atomic E-state index is -3.11. The Morgan fingerprint density at radius 1 is 1.38 bits per heavy atom. The lowest BCUT2D eigenvalue weighted by molar-refractivity contribution is -0.129. The second-order valence-corrected chi connectivity index (χ2v) is 9.02. The average molecular weight is 400 g/mol. The molecule has 1 aromatic heterocycles. The van der Waals surface area contributed by atoms with Crippen molar-refractivity contribution in [1.82, 2.24) is 5.32 Å². The Labute approximate surface area is 155 Å². The Hall–Kier alpha value is -2.06. The molecule has 9 heteroatoms. The number of furan rings is 1. The number of benzene rings is 1. The first-order valence-electron chi connectivity index (χ1n) is 8.07. The summed E-state index contributed by atoms with van der Waals surface area (Å²) in [5.41, 5.74) is 1.06. The first-order chi connectivity index (χ1) is 12.2. The Morgan fingerprint density at radius 3 is 2.77 bits per heavy atom. The first-order valence-corrected chi connectivity index (χ1v) is 10.3. The Balaban J connectivity index is 1.67. The van der Waals surface area contributed by atoms with Crippen LogP contribution in [0.2, 0.25) is 5.02 Å². The van der Waals surface area contributed by atoms with Crippen LogP contribution >= 0.6 is 11.6 Å². The molecule has 1 N–H and O–H groups in total. The van der Waals surface area contributed by atoms with E-state index in [-0.39, 0.29) is 17.3 Å². The molecule has 26 heavy (non-hydrogen) atoms. The Morgan fingerprint density at radius 2 is 2.12 bits per heavy atom. The van der Waals surface area contributed by atoms with Gasteiger partial charge in [-0.2, -0.15) is 0 Å². The highest BCUT2D eigenvalue weighted by Gasteiger charge is 2.31. The van der Waals surface area contributed by atoms with Gasteiger partial charge in [0.2, 0.25) is 5.76 Å². The minimum absolute atomic E-state index is 0.00496.